The Morgan fingerprint density at radius 2 is 1.64 bits per heavy atom. The summed E-state index contributed by atoms with van der Waals surface area (Å²) in [6.07, 6.45) is 1.49. The molecule has 1 fully saturated rings. The van der Waals surface area contributed by atoms with Crippen LogP contribution in [0.5, 0.6) is 0 Å². The van der Waals surface area contributed by atoms with E-state index in [0.717, 1.165) is 18.4 Å². The maximum Gasteiger partial charge on any atom is 0.243 e. The number of rotatable bonds is 5. The monoisotopic (exact) mass is 363 g/mol. The molecule has 2 aromatic rings. The SMILES string of the molecule is Nc1ccc(S(=O)(=O)N2CCC(NCc3ccc(F)cc3)CC2)cc1. The molecule has 0 spiro atoms. The van der Waals surface area contributed by atoms with Crippen molar-refractivity contribution in [2.75, 3.05) is 18.8 Å². The topological polar surface area (TPSA) is 75.4 Å². The number of nitrogens with two attached hydrogens (primary N) is 1. The van der Waals surface area contributed by atoms with Gasteiger partial charge in [-0.05, 0) is 54.8 Å². The van der Waals surface area contributed by atoms with E-state index in [1.54, 1.807) is 36.4 Å². The minimum absolute atomic E-state index is 0.245. The summed E-state index contributed by atoms with van der Waals surface area (Å²) < 4.78 is 39.7. The van der Waals surface area contributed by atoms with Gasteiger partial charge in [-0.2, -0.15) is 4.31 Å². The maximum atomic E-state index is 12.9. The minimum atomic E-state index is -3.47. The van der Waals surface area contributed by atoms with Gasteiger partial charge in [-0.25, -0.2) is 12.8 Å². The molecule has 25 heavy (non-hydrogen) atoms. The Morgan fingerprint density at radius 1 is 1.04 bits per heavy atom. The molecule has 7 heteroatoms. The van der Waals surface area contributed by atoms with Gasteiger partial charge >= 0.3 is 0 Å². The summed E-state index contributed by atoms with van der Waals surface area (Å²) in [6, 6.07) is 12.9. The lowest BCUT2D eigenvalue weighted by molar-refractivity contribution is 0.288. The number of halogens is 1. The van der Waals surface area contributed by atoms with Crippen LogP contribution in [0.15, 0.2) is 53.4 Å². The third kappa shape index (κ3) is 4.36. The van der Waals surface area contributed by atoms with E-state index in [4.69, 9.17) is 5.73 Å². The minimum Gasteiger partial charge on any atom is -0.399 e. The van der Waals surface area contributed by atoms with Crippen LogP contribution in [-0.4, -0.2) is 31.9 Å². The van der Waals surface area contributed by atoms with E-state index in [0.29, 0.717) is 25.3 Å². The third-order valence-electron chi connectivity index (χ3n) is 4.48. The molecule has 1 saturated heterocycles. The van der Waals surface area contributed by atoms with E-state index in [1.165, 1.54) is 16.4 Å². The first kappa shape index (κ1) is 17.8. The van der Waals surface area contributed by atoms with E-state index in [2.05, 4.69) is 5.32 Å². The summed E-state index contributed by atoms with van der Waals surface area (Å²) in [6.45, 7) is 1.61. The van der Waals surface area contributed by atoms with Crippen molar-refractivity contribution in [3.63, 3.8) is 0 Å². The van der Waals surface area contributed by atoms with Crippen LogP contribution < -0.4 is 11.1 Å². The molecule has 0 bridgehead atoms. The predicted molar refractivity (Wildman–Crippen MR) is 95.9 cm³/mol. The smallest absolute Gasteiger partial charge is 0.243 e. The quantitative estimate of drug-likeness (QED) is 0.800. The number of anilines is 1. The van der Waals surface area contributed by atoms with Crippen LogP contribution in [0.1, 0.15) is 18.4 Å². The number of benzene rings is 2. The molecule has 3 rings (SSSR count). The van der Waals surface area contributed by atoms with Crippen molar-refractivity contribution in [3.05, 3.63) is 59.9 Å². The normalized spacial score (nSPS) is 16.8. The highest BCUT2D eigenvalue weighted by molar-refractivity contribution is 7.89. The molecule has 3 N–H and O–H groups in total. The molecule has 0 radical (unpaired) electrons. The third-order valence-corrected chi connectivity index (χ3v) is 6.39. The van der Waals surface area contributed by atoms with Crippen molar-refractivity contribution in [1.29, 1.82) is 0 Å². The molecule has 5 nitrogen and oxygen atoms in total. The van der Waals surface area contributed by atoms with Gasteiger partial charge in [0.05, 0.1) is 4.90 Å². The zero-order chi connectivity index (χ0) is 17.9. The Hall–Kier alpha value is -1.96. The first-order valence-electron chi connectivity index (χ1n) is 8.29. The molecule has 0 aliphatic carbocycles. The number of piperidine rings is 1. The van der Waals surface area contributed by atoms with Gasteiger partial charge in [-0.1, -0.05) is 12.1 Å². The van der Waals surface area contributed by atoms with Crippen molar-refractivity contribution >= 4 is 15.7 Å². The Labute approximate surface area is 147 Å². The van der Waals surface area contributed by atoms with Crippen LogP contribution in [-0.2, 0) is 16.6 Å². The lowest BCUT2D eigenvalue weighted by Crippen LogP contribution is -2.44. The second-order valence-electron chi connectivity index (χ2n) is 6.25. The standard InChI is InChI=1S/C18H22FN3O2S/c19-15-3-1-14(2-4-15)13-21-17-9-11-22(12-10-17)25(23,24)18-7-5-16(20)6-8-18/h1-8,17,21H,9-13,20H2. The summed E-state index contributed by atoms with van der Waals surface area (Å²) >= 11 is 0. The fourth-order valence-corrected chi connectivity index (χ4v) is 4.42. The Bertz CT molecular complexity index is 799. The van der Waals surface area contributed by atoms with Gasteiger partial charge in [0.25, 0.3) is 0 Å². The lowest BCUT2D eigenvalue weighted by atomic mass is 10.1. The van der Waals surface area contributed by atoms with E-state index < -0.39 is 10.0 Å². The highest BCUT2D eigenvalue weighted by atomic mass is 32.2. The van der Waals surface area contributed by atoms with E-state index in [9.17, 15) is 12.8 Å². The van der Waals surface area contributed by atoms with Crippen LogP contribution >= 0.6 is 0 Å². The molecule has 1 aliphatic rings. The van der Waals surface area contributed by atoms with Gasteiger partial charge < -0.3 is 11.1 Å². The van der Waals surface area contributed by atoms with Crippen molar-refractivity contribution in [3.8, 4) is 0 Å². The van der Waals surface area contributed by atoms with Crippen molar-refractivity contribution in [1.82, 2.24) is 9.62 Å². The van der Waals surface area contributed by atoms with Crippen LogP contribution in [0.3, 0.4) is 0 Å². The molecule has 0 atom stereocenters. The van der Waals surface area contributed by atoms with Crippen molar-refractivity contribution in [2.45, 2.75) is 30.3 Å². The molecule has 0 saturated carbocycles. The van der Waals surface area contributed by atoms with Crippen LogP contribution in [0.2, 0.25) is 0 Å². The molecule has 0 aromatic heterocycles. The number of nitrogens with zero attached hydrogens (tertiary/aromatic N) is 1. The fraction of sp³-hybridized carbons (Fsp3) is 0.333. The van der Waals surface area contributed by atoms with Crippen LogP contribution in [0, 0.1) is 5.82 Å². The van der Waals surface area contributed by atoms with Gasteiger partial charge in [0, 0.05) is 31.4 Å². The van der Waals surface area contributed by atoms with Crippen molar-refractivity contribution in [2.24, 2.45) is 0 Å². The van der Waals surface area contributed by atoms with E-state index >= 15 is 0 Å². The summed E-state index contributed by atoms with van der Waals surface area (Å²) in [5.74, 6) is -0.245. The second kappa shape index (κ2) is 7.51. The molecule has 0 unspecified atom stereocenters. The van der Waals surface area contributed by atoms with Crippen molar-refractivity contribution < 1.29 is 12.8 Å². The van der Waals surface area contributed by atoms with E-state index in [1.807, 2.05) is 0 Å². The molecular weight excluding hydrogens is 341 g/mol. The summed E-state index contributed by atoms with van der Waals surface area (Å²) in [5, 5.41) is 3.42. The molecule has 1 heterocycles. The van der Waals surface area contributed by atoms with Gasteiger partial charge in [-0.15, -0.1) is 0 Å². The molecule has 0 amide bonds. The van der Waals surface area contributed by atoms with Crippen LogP contribution in [0.25, 0.3) is 0 Å². The number of sulfonamides is 1. The Morgan fingerprint density at radius 3 is 2.24 bits per heavy atom. The summed E-state index contributed by atoms with van der Waals surface area (Å²) in [4.78, 5) is 0.277. The summed E-state index contributed by atoms with van der Waals surface area (Å²) in [7, 11) is -3.47. The average Bonchev–Trinajstić information content (AvgIpc) is 2.62. The average molecular weight is 363 g/mol. The molecule has 2 aromatic carbocycles. The Balaban J connectivity index is 1.54. The lowest BCUT2D eigenvalue weighted by Gasteiger charge is -2.31. The molecular formula is C18H22FN3O2S. The highest BCUT2D eigenvalue weighted by Crippen LogP contribution is 2.21. The number of hydrogen-bond acceptors (Lipinski definition) is 4. The largest absolute Gasteiger partial charge is 0.399 e. The van der Waals surface area contributed by atoms with E-state index in [-0.39, 0.29) is 16.8 Å². The predicted octanol–water partition coefficient (Wildman–Crippen LogP) is 2.35. The van der Waals surface area contributed by atoms with Gasteiger partial charge in [0.15, 0.2) is 0 Å². The Kier molecular flexibility index (Phi) is 5.36. The molecule has 1 aliphatic heterocycles. The van der Waals surface area contributed by atoms with Gasteiger partial charge in [-0.3, -0.25) is 0 Å². The number of nitrogen functional groups attached to an aromatic ring is 1. The maximum absolute atomic E-state index is 12.9. The second-order valence-corrected chi connectivity index (χ2v) is 8.19. The van der Waals surface area contributed by atoms with Gasteiger partial charge in [0.1, 0.15) is 5.82 Å². The van der Waals surface area contributed by atoms with Crippen LogP contribution in [0.4, 0.5) is 10.1 Å². The zero-order valence-electron chi connectivity index (χ0n) is 13.9. The highest BCUT2D eigenvalue weighted by Gasteiger charge is 2.29. The first-order chi connectivity index (χ1) is 11.9. The molecule has 134 valence electrons. The number of hydrogen-bond donors (Lipinski definition) is 2. The summed E-state index contributed by atoms with van der Waals surface area (Å²) in [5.41, 5.74) is 7.18. The van der Waals surface area contributed by atoms with Gasteiger partial charge in [0.2, 0.25) is 10.0 Å². The first-order valence-corrected chi connectivity index (χ1v) is 9.73. The zero-order valence-corrected chi connectivity index (χ0v) is 14.7. The fourth-order valence-electron chi connectivity index (χ4n) is 2.95. The number of nitrogens with one attached hydrogen (secondary N) is 1.